The first-order valence-corrected chi connectivity index (χ1v) is 4.83. The van der Waals surface area contributed by atoms with Gasteiger partial charge in [0.15, 0.2) is 6.29 Å². The van der Waals surface area contributed by atoms with Crippen LogP contribution in [0.2, 0.25) is 0 Å². The minimum absolute atomic E-state index is 0.0838. The molecule has 0 amide bonds. The Morgan fingerprint density at radius 3 is 2.87 bits per heavy atom. The van der Waals surface area contributed by atoms with Crippen LogP contribution in [0.4, 0.5) is 0 Å². The van der Waals surface area contributed by atoms with Crippen LogP contribution in [0.1, 0.15) is 0 Å². The maximum atomic E-state index is 9.84. The number of rotatable bonds is 2. The molecule has 2 aliphatic heterocycles. The SMILES string of the molecule is CN=CC1[C@H]2OC[C@](CO)(O2)[C@H](O)[C@@H]1O. The molecule has 6 nitrogen and oxygen atoms in total. The molecule has 0 aromatic heterocycles. The lowest BCUT2D eigenvalue weighted by Gasteiger charge is -2.40. The fourth-order valence-corrected chi connectivity index (χ4v) is 2.06. The number of hydrogen-bond acceptors (Lipinski definition) is 6. The van der Waals surface area contributed by atoms with Crippen molar-refractivity contribution in [3.63, 3.8) is 0 Å². The van der Waals surface area contributed by atoms with Crippen LogP contribution in [0.3, 0.4) is 0 Å². The third kappa shape index (κ3) is 1.49. The summed E-state index contributed by atoms with van der Waals surface area (Å²) in [6.07, 6.45) is -1.34. The van der Waals surface area contributed by atoms with Gasteiger partial charge in [0.2, 0.25) is 0 Å². The molecule has 2 heterocycles. The van der Waals surface area contributed by atoms with Crippen LogP contribution in [-0.2, 0) is 9.47 Å². The summed E-state index contributed by atoms with van der Waals surface area (Å²) >= 11 is 0. The molecule has 0 spiro atoms. The molecule has 1 unspecified atom stereocenters. The summed E-state index contributed by atoms with van der Waals surface area (Å²) in [6.45, 7) is -0.293. The van der Waals surface area contributed by atoms with Crippen LogP contribution in [-0.4, -0.2) is 65.9 Å². The van der Waals surface area contributed by atoms with Gasteiger partial charge in [0.25, 0.3) is 0 Å². The van der Waals surface area contributed by atoms with E-state index >= 15 is 0 Å². The summed E-state index contributed by atoms with van der Waals surface area (Å²) in [6, 6.07) is 0. The van der Waals surface area contributed by atoms with E-state index in [1.807, 2.05) is 0 Å². The van der Waals surface area contributed by atoms with E-state index in [2.05, 4.69) is 4.99 Å². The predicted octanol–water partition coefficient (Wildman–Crippen LogP) is -1.86. The first-order valence-electron chi connectivity index (χ1n) is 4.83. The maximum absolute atomic E-state index is 9.84. The third-order valence-electron chi connectivity index (χ3n) is 3.00. The Bertz CT molecular complexity index is 271. The van der Waals surface area contributed by atoms with Gasteiger partial charge in [-0.25, -0.2) is 0 Å². The van der Waals surface area contributed by atoms with E-state index in [1.54, 1.807) is 7.05 Å². The molecular formula is C9H15NO5. The fraction of sp³-hybridized carbons (Fsp3) is 0.889. The molecule has 0 aliphatic carbocycles. The van der Waals surface area contributed by atoms with Gasteiger partial charge in [0, 0.05) is 13.3 Å². The minimum atomic E-state index is -1.18. The molecule has 0 aromatic carbocycles. The van der Waals surface area contributed by atoms with Crippen molar-refractivity contribution >= 4 is 6.21 Å². The largest absolute Gasteiger partial charge is 0.393 e. The molecule has 2 saturated heterocycles. The Morgan fingerprint density at radius 2 is 2.27 bits per heavy atom. The number of aliphatic hydroxyl groups is 3. The van der Waals surface area contributed by atoms with Crippen LogP contribution in [0.15, 0.2) is 4.99 Å². The van der Waals surface area contributed by atoms with Crippen LogP contribution in [0, 0.1) is 5.92 Å². The van der Waals surface area contributed by atoms with Crippen LogP contribution in [0.25, 0.3) is 0 Å². The summed E-state index contributed by atoms with van der Waals surface area (Å²) in [4.78, 5) is 3.79. The van der Waals surface area contributed by atoms with Gasteiger partial charge >= 0.3 is 0 Å². The quantitative estimate of drug-likeness (QED) is 0.472. The Balaban J connectivity index is 2.25. The molecule has 3 N–H and O–H groups in total. The molecule has 5 atom stereocenters. The second-order valence-corrected chi connectivity index (χ2v) is 3.94. The lowest BCUT2D eigenvalue weighted by atomic mass is 9.85. The summed E-state index contributed by atoms with van der Waals surface area (Å²) < 4.78 is 10.7. The van der Waals surface area contributed by atoms with E-state index in [0.29, 0.717) is 0 Å². The van der Waals surface area contributed by atoms with E-state index in [4.69, 9.17) is 14.6 Å². The summed E-state index contributed by atoms with van der Waals surface area (Å²) in [5.41, 5.74) is -1.18. The van der Waals surface area contributed by atoms with Crippen molar-refractivity contribution in [3.05, 3.63) is 0 Å². The zero-order valence-electron chi connectivity index (χ0n) is 8.41. The maximum Gasteiger partial charge on any atom is 0.169 e. The number of fused-ring (bicyclic) bond motifs is 2. The Labute approximate surface area is 87.2 Å². The van der Waals surface area contributed by atoms with Gasteiger partial charge in [-0.1, -0.05) is 0 Å². The zero-order chi connectivity index (χ0) is 11.1. The molecule has 2 fully saturated rings. The van der Waals surface area contributed by atoms with Crippen molar-refractivity contribution in [2.45, 2.75) is 24.1 Å². The number of aliphatic imine (C=N–C) groups is 1. The summed E-state index contributed by atoms with van der Waals surface area (Å²) in [5.74, 6) is -0.493. The summed E-state index contributed by atoms with van der Waals surface area (Å²) in [7, 11) is 1.57. The first-order chi connectivity index (χ1) is 7.14. The molecule has 2 aliphatic rings. The highest BCUT2D eigenvalue weighted by atomic mass is 16.7. The molecule has 2 bridgehead atoms. The third-order valence-corrected chi connectivity index (χ3v) is 3.00. The van der Waals surface area contributed by atoms with Crippen LogP contribution < -0.4 is 0 Å². The fourth-order valence-electron chi connectivity index (χ4n) is 2.06. The number of nitrogens with zero attached hydrogens (tertiary/aromatic N) is 1. The number of aliphatic hydroxyl groups excluding tert-OH is 3. The second kappa shape index (κ2) is 3.80. The van der Waals surface area contributed by atoms with E-state index in [0.717, 1.165) is 0 Å². The van der Waals surface area contributed by atoms with Gasteiger partial charge < -0.3 is 29.8 Å². The highest BCUT2D eigenvalue weighted by Gasteiger charge is 2.58. The highest BCUT2D eigenvalue weighted by Crippen LogP contribution is 2.38. The van der Waals surface area contributed by atoms with Crippen LogP contribution >= 0.6 is 0 Å². The van der Waals surface area contributed by atoms with Crippen molar-refractivity contribution in [1.82, 2.24) is 0 Å². The molecule has 0 aromatic rings. The Hall–Kier alpha value is -0.530. The van der Waals surface area contributed by atoms with Gasteiger partial charge in [-0.2, -0.15) is 0 Å². The van der Waals surface area contributed by atoms with Crippen LogP contribution in [0.5, 0.6) is 0 Å². The van der Waals surface area contributed by atoms with Gasteiger partial charge in [-0.05, 0) is 0 Å². The normalized spacial score (nSPS) is 50.1. The van der Waals surface area contributed by atoms with Gasteiger partial charge in [0.05, 0.1) is 25.2 Å². The predicted molar refractivity (Wildman–Crippen MR) is 50.6 cm³/mol. The second-order valence-electron chi connectivity index (χ2n) is 3.94. The van der Waals surface area contributed by atoms with E-state index < -0.39 is 30.0 Å². The molecule has 86 valence electrons. The topological polar surface area (TPSA) is 91.5 Å². The number of hydrogen-bond donors (Lipinski definition) is 3. The minimum Gasteiger partial charge on any atom is -0.393 e. The lowest BCUT2D eigenvalue weighted by Crippen LogP contribution is -2.60. The smallest absolute Gasteiger partial charge is 0.169 e. The summed E-state index contributed by atoms with van der Waals surface area (Å²) in [5, 5.41) is 28.8. The average Bonchev–Trinajstić information content (AvgIpc) is 2.65. The monoisotopic (exact) mass is 217 g/mol. The number of ether oxygens (including phenoxy) is 2. The molecule has 15 heavy (non-hydrogen) atoms. The van der Waals surface area contributed by atoms with Crippen molar-refractivity contribution in [2.24, 2.45) is 10.9 Å². The van der Waals surface area contributed by atoms with Crippen molar-refractivity contribution in [2.75, 3.05) is 20.3 Å². The first kappa shape index (κ1) is 11.0. The van der Waals surface area contributed by atoms with Crippen molar-refractivity contribution in [3.8, 4) is 0 Å². The van der Waals surface area contributed by atoms with E-state index in [1.165, 1.54) is 6.21 Å². The molecule has 0 saturated carbocycles. The standard InChI is InChI=1S/C9H15NO5/c1-10-2-5-6(12)7(13)9(3-11)4-14-8(5)15-9/h2,5-8,11-13H,3-4H2,1H3/t5?,6-,7-,8+,9+/m1/s1. The molecule has 2 rings (SSSR count). The van der Waals surface area contributed by atoms with Crippen molar-refractivity contribution in [1.29, 1.82) is 0 Å². The van der Waals surface area contributed by atoms with Crippen molar-refractivity contribution < 1.29 is 24.8 Å². The van der Waals surface area contributed by atoms with Gasteiger partial charge in [0.1, 0.15) is 11.7 Å². The van der Waals surface area contributed by atoms with Gasteiger partial charge in [-0.15, -0.1) is 0 Å². The van der Waals surface area contributed by atoms with E-state index in [-0.39, 0.29) is 13.2 Å². The average molecular weight is 217 g/mol. The molecular weight excluding hydrogens is 202 g/mol. The molecule has 6 heteroatoms. The Morgan fingerprint density at radius 1 is 1.53 bits per heavy atom. The Kier molecular flexibility index (Phi) is 2.78. The zero-order valence-corrected chi connectivity index (χ0v) is 8.41. The molecule has 0 radical (unpaired) electrons. The highest BCUT2D eigenvalue weighted by molar-refractivity contribution is 5.62. The van der Waals surface area contributed by atoms with E-state index in [9.17, 15) is 10.2 Å². The lowest BCUT2D eigenvalue weighted by molar-refractivity contribution is -0.233. The van der Waals surface area contributed by atoms with Gasteiger partial charge in [-0.3, -0.25) is 0 Å².